The molecule has 2 amide bonds. The zero-order valence-electron chi connectivity index (χ0n) is 17.7. The first-order chi connectivity index (χ1) is 14.5. The van der Waals surface area contributed by atoms with Gasteiger partial charge < -0.3 is 20.7 Å². The third-order valence-electron chi connectivity index (χ3n) is 5.01. The van der Waals surface area contributed by atoms with Crippen LogP contribution < -0.4 is 20.7 Å². The van der Waals surface area contributed by atoms with E-state index in [1.54, 1.807) is 24.3 Å². The SMILES string of the molecule is CC(C)Oc1cccc(NCC(=O)Nc2cccc(C(=O)NC3CCCCC3)c2)c1. The van der Waals surface area contributed by atoms with Gasteiger partial charge in [-0.25, -0.2) is 0 Å². The van der Waals surface area contributed by atoms with Crippen molar-refractivity contribution in [2.24, 2.45) is 0 Å². The number of rotatable bonds is 8. The van der Waals surface area contributed by atoms with Crippen molar-refractivity contribution in [2.75, 3.05) is 17.2 Å². The van der Waals surface area contributed by atoms with Gasteiger partial charge in [-0.05, 0) is 57.0 Å². The van der Waals surface area contributed by atoms with Crippen LogP contribution in [-0.4, -0.2) is 30.5 Å². The van der Waals surface area contributed by atoms with Gasteiger partial charge >= 0.3 is 0 Å². The monoisotopic (exact) mass is 409 g/mol. The summed E-state index contributed by atoms with van der Waals surface area (Å²) < 4.78 is 5.67. The molecule has 1 aliphatic carbocycles. The van der Waals surface area contributed by atoms with Crippen LogP contribution in [-0.2, 0) is 4.79 Å². The first kappa shape index (κ1) is 21.7. The molecule has 0 aromatic heterocycles. The second kappa shape index (κ2) is 10.7. The van der Waals surface area contributed by atoms with E-state index in [2.05, 4.69) is 16.0 Å². The molecule has 0 spiro atoms. The van der Waals surface area contributed by atoms with Crippen molar-refractivity contribution >= 4 is 23.2 Å². The fraction of sp³-hybridized carbons (Fsp3) is 0.417. The summed E-state index contributed by atoms with van der Waals surface area (Å²) in [5, 5.41) is 9.05. The Morgan fingerprint density at radius 2 is 1.73 bits per heavy atom. The zero-order chi connectivity index (χ0) is 21.3. The Morgan fingerprint density at radius 1 is 1.00 bits per heavy atom. The molecule has 160 valence electrons. The Kier molecular flexibility index (Phi) is 7.71. The van der Waals surface area contributed by atoms with Gasteiger partial charge in [-0.3, -0.25) is 9.59 Å². The molecule has 3 rings (SSSR count). The minimum absolute atomic E-state index is 0.0851. The summed E-state index contributed by atoms with van der Waals surface area (Å²) in [4.78, 5) is 24.9. The minimum atomic E-state index is -0.185. The molecule has 2 aromatic carbocycles. The molecule has 0 heterocycles. The maximum atomic E-state index is 12.5. The lowest BCUT2D eigenvalue weighted by atomic mass is 9.95. The standard InChI is InChI=1S/C24H31N3O3/c1-17(2)30-22-13-7-11-20(15-22)25-16-23(28)26-21-12-6-8-18(14-21)24(29)27-19-9-4-3-5-10-19/h6-8,11-15,17,19,25H,3-5,9-10,16H2,1-2H3,(H,26,28)(H,27,29). The van der Waals surface area contributed by atoms with Crippen LogP contribution in [0, 0.1) is 0 Å². The maximum Gasteiger partial charge on any atom is 0.251 e. The van der Waals surface area contributed by atoms with E-state index < -0.39 is 0 Å². The molecule has 0 radical (unpaired) electrons. The number of hydrogen-bond donors (Lipinski definition) is 3. The Labute approximate surface area is 178 Å². The molecule has 0 unspecified atom stereocenters. The van der Waals surface area contributed by atoms with Crippen LogP contribution in [0.25, 0.3) is 0 Å². The Morgan fingerprint density at radius 3 is 2.50 bits per heavy atom. The first-order valence-corrected chi connectivity index (χ1v) is 10.7. The number of hydrogen-bond acceptors (Lipinski definition) is 4. The fourth-order valence-corrected chi connectivity index (χ4v) is 3.59. The van der Waals surface area contributed by atoms with Crippen molar-refractivity contribution in [3.8, 4) is 5.75 Å². The van der Waals surface area contributed by atoms with Crippen LogP contribution in [0.4, 0.5) is 11.4 Å². The molecule has 0 aliphatic heterocycles. The van der Waals surface area contributed by atoms with Crippen LogP contribution in [0.1, 0.15) is 56.3 Å². The van der Waals surface area contributed by atoms with Crippen molar-refractivity contribution in [3.05, 3.63) is 54.1 Å². The predicted molar refractivity (Wildman–Crippen MR) is 120 cm³/mol. The maximum absolute atomic E-state index is 12.5. The van der Waals surface area contributed by atoms with Crippen molar-refractivity contribution in [1.29, 1.82) is 0 Å². The number of nitrogens with one attached hydrogen (secondary N) is 3. The topological polar surface area (TPSA) is 79.5 Å². The normalized spacial score (nSPS) is 14.2. The lowest BCUT2D eigenvalue weighted by Crippen LogP contribution is -2.36. The number of anilines is 2. The van der Waals surface area contributed by atoms with Crippen molar-refractivity contribution in [3.63, 3.8) is 0 Å². The fourth-order valence-electron chi connectivity index (χ4n) is 3.59. The third kappa shape index (κ3) is 6.79. The summed E-state index contributed by atoms with van der Waals surface area (Å²) in [6.07, 6.45) is 5.75. The number of ether oxygens (including phenoxy) is 1. The number of carbonyl (C=O) groups excluding carboxylic acids is 2. The first-order valence-electron chi connectivity index (χ1n) is 10.7. The van der Waals surface area contributed by atoms with Crippen LogP contribution in [0.2, 0.25) is 0 Å². The summed E-state index contributed by atoms with van der Waals surface area (Å²) in [5.74, 6) is 0.486. The lowest BCUT2D eigenvalue weighted by Gasteiger charge is -2.22. The molecule has 3 N–H and O–H groups in total. The smallest absolute Gasteiger partial charge is 0.251 e. The molecule has 30 heavy (non-hydrogen) atoms. The van der Waals surface area contributed by atoms with Gasteiger partial charge in [-0.1, -0.05) is 31.4 Å². The molecule has 2 aromatic rings. The van der Waals surface area contributed by atoms with Crippen LogP contribution in [0.5, 0.6) is 5.75 Å². The largest absolute Gasteiger partial charge is 0.491 e. The molecule has 1 fully saturated rings. The van der Waals surface area contributed by atoms with Crippen LogP contribution in [0.15, 0.2) is 48.5 Å². The molecule has 1 saturated carbocycles. The number of benzene rings is 2. The van der Waals surface area contributed by atoms with Crippen molar-refractivity contribution in [2.45, 2.75) is 58.1 Å². The summed E-state index contributed by atoms with van der Waals surface area (Å²) in [6, 6.07) is 14.8. The number of carbonyl (C=O) groups is 2. The van der Waals surface area contributed by atoms with Crippen LogP contribution in [0.3, 0.4) is 0 Å². The van der Waals surface area contributed by atoms with E-state index in [9.17, 15) is 9.59 Å². The number of amides is 2. The van der Waals surface area contributed by atoms with E-state index in [1.807, 2.05) is 38.1 Å². The molecular formula is C24H31N3O3. The van der Waals surface area contributed by atoms with Gasteiger partial charge in [-0.15, -0.1) is 0 Å². The van der Waals surface area contributed by atoms with E-state index in [0.29, 0.717) is 11.3 Å². The minimum Gasteiger partial charge on any atom is -0.491 e. The molecule has 1 aliphatic rings. The van der Waals surface area contributed by atoms with Gasteiger partial charge in [0, 0.05) is 29.0 Å². The molecular weight excluding hydrogens is 378 g/mol. The molecule has 0 bridgehead atoms. The summed E-state index contributed by atoms with van der Waals surface area (Å²) in [5.41, 5.74) is 1.98. The van der Waals surface area contributed by atoms with E-state index in [4.69, 9.17) is 4.74 Å². The molecule has 0 saturated heterocycles. The average molecular weight is 410 g/mol. The van der Waals surface area contributed by atoms with E-state index in [1.165, 1.54) is 19.3 Å². The van der Waals surface area contributed by atoms with Gasteiger partial charge in [-0.2, -0.15) is 0 Å². The average Bonchev–Trinajstić information content (AvgIpc) is 2.73. The second-order valence-electron chi connectivity index (χ2n) is 7.99. The van der Waals surface area contributed by atoms with Crippen molar-refractivity contribution in [1.82, 2.24) is 5.32 Å². The Hall–Kier alpha value is -3.02. The van der Waals surface area contributed by atoms with Gasteiger partial charge in [0.25, 0.3) is 5.91 Å². The molecule has 6 nitrogen and oxygen atoms in total. The lowest BCUT2D eigenvalue weighted by molar-refractivity contribution is -0.114. The quantitative estimate of drug-likeness (QED) is 0.596. The highest BCUT2D eigenvalue weighted by Gasteiger charge is 2.17. The van der Waals surface area contributed by atoms with Gasteiger partial charge in [0.15, 0.2) is 0 Å². The van der Waals surface area contributed by atoms with Gasteiger partial charge in [0.2, 0.25) is 5.91 Å². The highest BCUT2D eigenvalue weighted by molar-refractivity contribution is 5.98. The Balaban J connectivity index is 1.51. The third-order valence-corrected chi connectivity index (χ3v) is 5.01. The zero-order valence-corrected chi connectivity index (χ0v) is 17.7. The van der Waals surface area contributed by atoms with Crippen LogP contribution >= 0.6 is 0 Å². The van der Waals surface area contributed by atoms with Gasteiger partial charge in [0.1, 0.15) is 5.75 Å². The van der Waals surface area contributed by atoms with Gasteiger partial charge in [0.05, 0.1) is 12.6 Å². The predicted octanol–water partition coefficient (Wildman–Crippen LogP) is 4.59. The molecule has 0 atom stereocenters. The van der Waals surface area contributed by atoms with E-state index >= 15 is 0 Å². The second-order valence-corrected chi connectivity index (χ2v) is 7.99. The highest BCUT2D eigenvalue weighted by atomic mass is 16.5. The molecule has 6 heteroatoms. The Bertz CT molecular complexity index is 860. The summed E-state index contributed by atoms with van der Waals surface area (Å²) in [7, 11) is 0. The summed E-state index contributed by atoms with van der Waals surface area (Å²) in [6.45, 7) is 4.05. The van der Waals surface area contributed by atoms with E-state index in [0.717, 1.165) is 24.3 Å². The highest BCUT2D eigenvalue weighted by Crippen LogP contribution is 2.19. The van der Waals surface area contributed by atoms with Crippen molar-refractivity contribution < 1.29 is 14.3 Å². The van der Waals surface area contributed by atoms with E-state index in [-0.39, 0.29) is 30.5 Å². The summed E-state index contributed by atoms with van der Waals surface area (Å²) >= 11 is 0.